The van der Waals surface area contributed by atoms with Gasteiger partial charge in [0.15, 0.2) is 0 Å². The highest BCUT2D eigenvalue weighted by atomic mass is 79.9. The van der Waals surface area contributed by atoms with Crippen molar-refractivity contribution in [1.29, 1.82) is 0 Å². The van der Waals surface area contributed by atoms with Crippen molar-refractivity contribution in [1.82, 2.24) is 0 Å². The Balaban J connectivity index is 0.00000336. The summed E-state index contributed by atoms with van der Waals surface area (Å²) in [5.41, 5.74) is 2.52. The molecule has 3 nitrogen and oxygen atoms in total. The number of halogens is 1. The van der Waals surface area contributed by atoms with E-state index in [9.17, 15) is 4.79 Å². The number of methoxy groups -OCH3 is 1. The van der Waals surface area contributed by atoms with Gasteiger partial charge < -0.3 is 27.0 Å². The van der Waals surface area contributed by atoms with E-state index in [4.69, 9.17) is 4.74 Å². The number of ether oxygens (including phenoxy) is 1. The van der Waals surface area contributed by atoms with Gasteiger partial charge in [-0.15, -0.1) is 0 Å². The van der Waals surface area contributed by atoms with Gasteiger partial charge in [-0.25, -0.2) is 0 Å². The molecule has 1 N–H and O–H groups in total. The van der Waals surface area contributed by atoms with Gasteiger partial charge in [0.25, 0.3) is 5.91 Å². The largest absolute Gasteiger partial charge is 1.00 e. The second kappa shape index (κ2) is 12.7. The molecule has 5 heteroatoms. The smallest absolute Gasteiger partial charge is 0.255 e. The number of anilines is 1. The summed E-state index contributed by atoms with van der Waals surface area (Å²) in [5, 5.41) is 7.11. The molecular formula is C33H29BrNO2P. The Bertz CT molecular complexity index is 1360. The molecule has 0 fully saturated rings. The third-order valence-electron chi connectivity index (χ3n) is 6.62. The highest BCUT2D eigenvalue weighted by molar-refractivity contribution is 7.95. The average Bonchev–Trinajstić information content (AvgIpc) is 2.98. The second-order valence-electron chi connectivity index (χ2n) is 8.81. The summed E-state index contributed by atoms with van der Waals surface area (Å²) >= 11 is 0. The summed E-state index contributed by atoms with van der Waals surface area (Å²) in [6, 6.07) is 47.7. The molecule has 5 aromatic carbocycles. The standard InChI is InChI=1S/C33H28NO2P.BrH/c1-36-28-23-21-26(22-24-28)33(35)34-32-20-12-11-13-27(32)25-37(29-14-5-2-6-15-29,30-16-7-3-8-17-30)31-18-9-4-10-19-31;/h2-24H,25H2,1H3;1H. The van der Waals surface area contributed by atoms with Gasteiger partial charge in [-0.3, -0.25) is 4.79 Å². The van der Waals surface area contributed by atoms with Crippen molar-refractivity contribution in [3.8, 4) is 5.75 Å². The molecule has 5 rings (SSSR count). The fourth-order valence-electron chi connectivity index (χ4n) is 4.74. The predicted molar refractivity (Wildman–Crippen MR) is 156 cm³/mol. The molecule has 0 aliphatic carbocycles. The minimum atomic E-state index is -2.10. The quantitative estimate of drug-likeness (QED) is 0.285. The van der Waals surface area contributed by atoms with Crippen molar-refractivity contribution >= 4 is 34.8 Å². The molecule has 0 aromatic heterocycles. The number of para-hydroxylation sites is 1. The number of carbonyl (C=O) groups excluding carboxylic acids is 1. The van der Waals surface area contributed by atoms with Crippen molar-refractivity contribution in [2.75, 3.05) is 12.4 Å². The SMILES string of the molecule is COc1ccc(C(=O)Nc2ccccc2C[P+](c2ccccc2)(c2ccccc2)c2ccccc2)cc1.[Br-]. The Morgan fingerprint density at radius 1 is 0.632 bits per heavy atom. The minimum Gasteiger partial charge on any atom is -1.00 e. The molecule has 0 atom stereocenters. The molecule has 5 aromatic rings. The van der Waals surface area contributed by atoms with Gasteiger partial charge in [-0.2, -0.15) is 0 Å². The van der Waals surface area contributed by atoms with E-state index in [1.54, 1.807) is 31.4 Å². The molecule has 0 saturated carbocycles. The first-order chi connectivity index (χ1) is 18.2. The van der Waals surface area contributed by atoms with Crippen LogP contribution in [0.5, 0.6) is 5.75 Å². The van der Waals surface area contributed by atoms with E-state index in [-0.39, 0.29) is 22.9 Å². The lowest BCUT2D eigenvalue weighted by Crippen LogP contribution is -3.00. The zero-order chi connectivity index (χ0) is 25.5. The first-order valence-electron chi connectivity index (χ1n) is 12.3. The Labute approximate surface area is 235 Å². The Kier molecular flexibility index (Phi) is 9.12. The van der Waals surface area contributed by atoms with E-state index in [1.165, 1.54) is 15.9 Å². The number of hydrogen-bond acceptors (Lipinski definition) is 2. The maximum absolute atomic E-state index is 13.2. The molecule has 0 aliphatic heterocycles. The van der Waals surface area contributed by atoms with Gasteiger partial charge in [0.2, 0.25) is 0 Å². The van der Waals surface area contributed by atoms with Crippen LogP contribution in [0.15, 0.2) is 140 Å². The molecule has 1 amide bonds. The predicted octanol–water partition coefficient (Wildman–Crippen LogP) is 3.45. The molecule has 0 radical (unpaired) electrons. The summed E-state index contributed by atoms with van der Waals surface area (Å²) < 4.78 is 5.24. The van der Waals surface area contributed by atoms with Crippen molar-refractivity contribution in [2.45, 2.75) is 6.16 Å². The zero-order valence-electron chi connectivity index (χ0n) is 21.1. The van der Waals surface area contributed by atoms with Crippen LogP contribution in [0.4, 0.5) is 5.69 Å². The molecule has 0 spiro atoms. The van der Waals surface area contributed by atoms with Crippen molar-refractivity contribution in [2.24, 2.45) is 0 Å². The molecule has 38 heavy (non-hydrogen) atoms. The van der Waals surface area contributed by atoms with Crippen LogP contribution in [-0.4, -0.2) is 13.0 Å². The molecular weight excluding hydrogens is 553 g/mol. The van der Waals surface area contributed by atoms with Crippen LogP contribution in [0.25, 0.3) is 0 Å². The van der Waals surface area contributed by atoms with Gasteiger partial charge in [0.1, 0.15) is 35.1 Å². The van der Waals surface area contributed by atoms with E-state index < -0.39 is 7.26 Å². The van der Waals surface area contributed by atoms with Crippen molar-refractivity contribution in [3.05, 3.63) is 151 Å². The molecule has 0 unspecified atom stereocenters. The molecule has 190 valence electrons. The van der Waals surface area contributed by atoms with Crippen LogP contribution in [0.3, 0.4) is 0 Å². The van der Waals surface area contributed by atoms with Gasteiger partial charge >= 0.3 is 0 Å². The number of carbonyl (C=O) groups is 1. The number of benzene rings is 5. The third-order valence-corrected chi connectivity index (χ3v) is 11.0. The molecule has 0 heterocycles. The molecule has 0 aliphatic rings. The van der Waals surface area contributed by atoms with E-state index in [2.05, 4.69) is 102 Å². The minimum absolute atomic E-state index is 0. The Morgan fingerprint density at radius 2 is 1.08 bits per heavy atom. The first-order valence-corrected chi connectivity index (χ1v) is 14.3. The van der Waals surface area contributed by atoms with Crippen LogP contribution in [0, 0.1) is 0 Å². The second-order valence-corrected chi connectivity index (χ2v) is 12.3. The van der Waals surface area contributed by atoms with Crippen LogP contribution in [0.2, 0.25) is 0 Å². The van der Waals surface area contributed by atoms with Gasteiger partial charge in [-0.1, -0.05) is 72.8 Å². The normalized spacial score (nSPS) is 10.8. The highest BCUT2D eigenvalue weighted by Gasteiger charge is 2.45. The summed E-state index contributed by atoms with van der Waals surface area (Å²) in [4.78, 5) is 13.2. The van der Waals surface area contributed by atoms with Crippen molar-refractivity contribution < 1.29 is 26.5 Å². The van der Waals surface area contributed by atoms with Crippen LogP contribution >= 0.6 is 7.26 Å². The molecule has 0 saturated heterocycles. The zero-order valence-corrected chi connectivity index (χ0v) is 23.6. The summed E-state index contributed by atoms with van der Waals surface area (Å²) in [7, 11) is -0.478. The van der Waals surface area contributed by atoms with Crippen LogP contribution in [-0.2, 0) is 6.16 Å². The topological polar surface area (TPSA) is 38.3 Å². The van der Waals surface area contributed by atoms with Crippen molar-refractivity contribution in [3.63, 3.8) is 0 Å². The molecule has 0 bridgehead atoms. The third kappa shape index (κ3) is 5.72. The number of amides is 1. The monoisotopic (exact) mass is 581 g/mol. The van der Waals surface area contributed by atoms with Gasteiger partial charge in [0.05, 0.1) is 7.11 Å². The number of rotatable bonds is 8. The van der Waals surface area contributed by atoms with E-state index in [0.29, 0.717) is 5.56 Å². The lowest BCUT2D eigenvalue weighted by Gasteiger charge is -2.28. The first kappa shape index (κ1) is 27.3. The summed E-state index contributed by atoms with van der Waals surface area (Å²) in [5.74, 6) is 0.582. The summed E-state index contributed by atoms with van der Waals surface area (Å²) in [6.07, 6.45) is 0.782. The average molecular weight is 582 g/mol. The Hall–Kier alpha value is -3.72. The lowest BCUT2D eigenvalue weighted by atomic mass is 10.1. The van der Waals surface area contributed by atoms with Gasteiger partial charge in [0, 0.05) is 16.8 Å². The van der Waals surface area contributed by atoms with E-state index in [0.717, 1.165) is 23.2 Å². The lowest BCUT2D eigenvalue weighted by molar-refractivity contribution is -0.0000151. The fraction of sp³-hybridized carbons (Fsp3) is 0.0606. The van der Waals surface area contributed by atoms with Crippen LogP contribution < -0.4 is 42.9 Å². The van der Waals surface area contributed by atoms with E-state index >= 15 is 0 Å². The maximum atomic E-state index is 13.2. The van der Waals surface area contributed by atoms with E-state index in [1.807, 2.05) is 18.2 Å². The summed E-state index contributed by atoms with van der Waals surface area (Å²) in [6.45, 7) is 0. The highest BCUT2D eigenvalue weighted by Crippen LogP contribution is 2.58. The van der Waals surface area contributed by atoms with Gasteiger partial charge in [-0.05, 0) is 66.7 Å². The number of hydrogen-bond donors (Lipinski definition) is 1. The van der Waals surface area contributed by atoms with Crippen LogP contribution in [0.1, 0.15) is 15.9 Å². The number of nitrogens with one attached hydrogen (secondary N) is 1. The Morgan fingerprint density at radius 3 is 1.55 bits per heavy atom. The fourth-order valence-corrected chi connectivity index (χ4v) is 9.01. The maximum Gasteiger partial charge on any atom is 0.255 e.